The van der Waals surface area contributed by atoms with E-state index in [2.05, 4.69) is 201 Å². The van der Waals surface area contributed by atoms with Gasteiger partial charge in [0.1, 0.15) is 6.07 Å². The number of anilines is 2. The molecule has 0 N–H and O–H groups in total. The van der Waals surface area contributed by atoms with Crippen LogP contribution >= 0.6 is 0 Å². The van der Waals surface area contributed by atoms with Crippen molar-refractivity contribution in [2.45, 2.75) is 66.7 Å². The maximum atomic E-state index is 10.4. The topological polar surface area (TPSA) is 27.0 Å². The van der Waals surface area contributed by atoms with Gasteiger partial charge in [-0.2, -0.15) is 5.26 Å². The summed E-state index contributed by atoms with van der Waals surface area (Å²) >= 11 is 0. The molecule has 2 heteroatoms. The van der Waals surface area contributed by atoms with Crippen LogP contribution in [0.4, 0.5) is 11.4 Å². The molecule has 7 aromatic rings. The molecule has 2 nitrogen and oxygen atoms in total. The van der Waals surface area contributed by atoms with Gasteiger partial charge in [0.25, 0.3) is 0 Å². The molecule has 0 saturated carbocycles. The van der Waals surface area contributed by atoms with Crippen LogP contribution in [-0.4, -0.2) is 0 Å². The number of nitrogens with zero attached hydrogens (tertiary/aromatic N) is 2. The number of benzene rings is 7. The van der Waals surface area contributed by atoms with Crippen LogP contribution in [0.5, 0.6) is 0 Å². The molecular formula is C65H62N2. The molecule has 0 bridgehead atoms. The van der Waals surface area contributed by atoms with E-state index in [-0.39, 0.29) is 5.41 Å². The minimum absolute atomic E-state index is 0.236. The van der Waals surface area contributed by atoms with Gasteiger partial charge in [0.15, 0.2) is 0 Å². The lowest BCUT2D eigenvalue weighted by Gasteiger charge is -2.32. The number of hydrogen-bond donors (Lipinski definition) is 0. The lowest BCUT2D eigenvalue weighted by molar-refractivity contribution is 0.659. The van der Waals surface area contributed by atoms with Gasteiger partial charge in [-0.25, -0.2) is 0 Å². The minimum Gasteiger partial charge on any atom is -0.309 e. The average molecular weight is 871 g/mol. The largest absolute Gasteiger partial charge is 0.309 e. The number of rotatable bonds is 9. The van der Waals surface area contributed by atoms with Crippen LogP contribution in [0.3, 0.4) is 0 Å². The molecule has 0 aromatic heterocycles. The molecule has 0 aliphatic heterocycles. The van der Waals surface area contributed by atoms with Crippen molar-refractivity contribution < 1.29 is 0 Å². The highest BCUT2D eigenvalue weighted by Crippen LogP contribution is 2.54. The van der Waals surface area contributed by atoms with E-state index in [1.54, 1.807) is 12.2 Å². The molecule has 0 saturated heterocycles. The average Bonchev–Trinajstić information content (AvgIpc) is 3.56. The van der Waals surface area contributed by atoms with Gasteiger partial charge in [-0.3, -0.25) is 0 Å². The fraction of sp³-hybridized carbons (Fsp3) is 0.154. The van der Waals surface area contributed by atoms with Crippen LogP contribution in [-0.2, 0) is 5.41 Å². The van der Waals surface area contributed by atoms with Gasteiger partial charge >= 0.3 is 0 Å². The quantitative estimate of drug-likeness (QED) is 0.135. The smallest absolute Gasteiger partial charge is 0.101 e. The molecule has 2 aliphatic rings. The first-order chi connectivity index (χ1) is 32.4. The highest BCUT2D eigenvalue weighted by atomic mass is 15.2. The van der Waals surface area contributed by atoms with Crippen LogP contribution in [0.1, 0.15) is 90.6 Å². The predicted molar refractivity (Wildman–Crippen MR) is 292 cm³/mol. The Balaban J connectivity index is 0.000000206. The summed E-state index contributed by atoms with van der Waals surface area (Å²) in [5.41, 5.74) is 21.5. The van der Waals surface area contributed by atoms with Crippen LogP contribution in [0.2, 0.25) is 0 Å². The Morgan fingerprint density at radius 3 is 1.99 bits per heavy atom. The maximum absolute atomic E-state index is 10.4. The zero-order valence-electron chi connectivity index (χ0n) is 40.4. The monoisotopic (exact) mass is 870 g/mol. The lowest BCUT2D eigenvalue weighted by Crippen LogP contribution is -2.20. The van der Waals surface area contributed by atoms with E-state index in [1.807, 2.05) is 48.6 Å². The second-order valence-corrected chi connectivity index (χ2v) is 18.0. The summed E-state index contributed by atoms with van der Waals surface area (Å²) < 4.78 is 0. The first-order valence-electron chi connectivity index (χ1n) is 23.2. The van der Waals surface area contributed by atoms with Gasteiger partial charge in [-0.1, -0.05) is 202 Å². The van der Waals surface area contributed by atoms with Crippen LogP contribution < -0.4 is 4.90 Å². The molecule has 67 heavy (non-hydrogen) atoms. The van der Waals surface area contributed by atoms with Gasteiger partial charge in [-0.05, 0) is 150 Å². The third-order valence-electron chi connectivity index (χ3n) is 13.3. The second-order valence-electron chi connectivity index (χ2n) is 18.0. The predicted octanol–water partition coefficient (Wildman–Crippen LogP) is 18.2. The second kappa shape index (κ2) is 20.6. The van der Waals surface area contributed by atoms with E-state index >= 15 is 0 Å². The number of allylic oxidation sites excluding steroid dienone is 7. The molecule has 0 radical (unpaired) electrons. The minimum atomic E-state index is -0.236. The molecule has 7 aromatic carbocycles. The molecule has 0 amide bonds. The van der Waals surface area contributed by atoms with E-state index in [0.29, 0.717) is 5.56 Å². The highest BCUT2D eigenvalue weighted by Gasteiger charge is 2.39. The zero-order chi connectivity index (χ0) is 47.8. The third kappa shape index (κ3) is 9.65. The summed E-state index contributed by atoms with van der Waals surface area (Å²) in [4.78, 5) is 2.09. The zero-order valence-corrected chi connectivity index (χ0v) is 40.4. The summed E-state index contributed by atoms with van der Waals surface area (Å²) in [6.45, 7) is 32.0. The molecule has 332 valence electrons. The summed E-state index contributed by atoms with van der Waals surface area (Å²) in [5, 5.41) is 13.0. The highest BCUT2D eigenvalue weighted by molar-refractivity contribution is 5.96. The summed E-state index contributed by atoms with van der Waals surface area (Å²) in [6, 6.07) is 51.1. The normalized spacial score (nSPS) is 13.3. The van der Waals surface area contributed by atoms with E-state index in [9.17, 15) is 5.26 Å². The molecular weight excluding hydrogens is 809 g/mol. The Morgan fingerprint density at radius 2 is 1.30 bits per heavy atom. The van der Waals surface area contributed by atoms with E-state index in [4.69, 9.17) is 0 Å². The lowest BCUT2D eigenvalue weighted by atomic mass is 9.80. The van der Waals surface area contributed by atoms with Crippen molar-refractivity contribution in [3.05, 3.63) is 257 Å². The van der Waals surface area contributed by atoms with Crippen molar-refractivity contribution in [1.82, 2.24) is 0 Å². The third-order valence-corrected chi connectivity index (χ3v) is 13.3. The molecule has 2 aliphatic carbocycles. The van der Waals surface area contributed by atoms with E-state index in [0.717, 1.165) is 39.3 Å². The van der Waals surface area contributed by atoms with E-state index < -0.39 is 0 Å². The Bertz CT molecular complexity index is 3180. The number of nitriles is 1. The van der Waals surface area contributed by atoms with Gasteiger partial charge in [0.2, 0.25) is 0 Å². The first-order valence-corrected chi connectivity index (χ1v) is 23.2. The van der Waals surface area contributed by atoms with Crippen LogP contribution in [0, 0.1) is 32.1 Å². The Kier molecular flexibility index (Phi) is 14.5. The molecule has 9 rings (SSSR count). The first kappa shape index (κ1) is 47.2. The Labute approximate surface area is 400 Å². The van der Waals surface area contributed by atoms with Crippen molar-refractivity contribution >= 4 is 39.9 Å². The van der Waals surface area contributed by atoms with Gasteiger partial charge in [0.05, 0.1) is 16.9 Å². The number of fused-ring (bicyclic) bond motifs is 4. The Morgan fingerprint density at radius 1 is 0.627 bits per heavy atom. The SMILES string of the molecule is C=C/C=C(\C=C)N(c1ccc(-c2ccccc2)cc1C#N)c1cc2c(c(C=C)c1C=C)-c1ccc(C)cc1C2(C)C.CC1=CCCC(c2ccccc2C)=C1C.Cc1ccc2ccccc2c1. The molecule has 0 heterocycles. The Hall–Kier alpha value is -7.73. The summed E-state index contributed by atoms with van der Waals surface area (Å²) in [5.74, 6) is 0. The van der Waals surface area contributed by atoms with Crippen molar-refractivity contribution in [2.24, 2.45) is 0 Å². The van der Waals surface area contributed by atoms with Crippen molar-refractivity contribution in [3.8, 4) is 28.3 Å². The maximum Gasteiger partial charge on any atom is 0.101 e. The van der Waals surface area contributed by atoms with Gasteiger partial charge in [-0.15, -0.1) is 0 Å². The molecule has 0 fully saturated rings. The van der Waals surface area contributed by atoms with Gasteiger partial charge < -0.3 is 4.90 Å². The van der Waals surface area contributed by atoms with Crippen LogP contribution in [0.15, 0.2) is 207 Å². The van der Waals surface area contributed by atoms with Crippen molar-refractivity contribution in [1.29, 1.82) is 5.26 Å². The van der Waals surface area contributed by atoms with Crippen molar-refractivity contribution in [3.63, 3.8) is 0 Å². The molecule has 0 unspecified atom stereocenters. The number of hydrogen-bond acceptors (Lipinski definition) is 2. The standard InChI is InChI=1S/C39H34N2.C15H18.C11H10/c1-8-15-30(9-2)41(36-21-19-28(23-29(36)25-40)27-16-13-12-14-17-27)37-24-35-38(32(11-4)31(37)10-3)33-20-18-26(5)22-34(33)39(35,6)7;1-11-8-6-10-15(13(11)3)14-9-5-4-7-12(14)2;1-9-6-7-10-4-2-3-5-11(10)8-9/h8-24H,1-4H2,5-7H3;4-5,7-9H,6,10H2,1-3H3;2-8H,1H3/b30-15+;;. The fourth-order valence-electron chi connectivity index (χ4n) is 9.60. The summed E-state index contributed by atoms with van der Waals surface area (Å²) in [7, 11) is 0. The molecule has 0 atom stereocenters. The van der Waals surface area contributed by atoms with Crippen LogP contribution in [0.25, 0.3) is 50.8 Å². The van der Waals surface area contributed by atoms with E-state index in [1.165, 1.54) is 84.8 Å². The number of aryl methyl sites for hydroxylation is 3. The van der Waals surface area contributed by atoms with Gasteiger partial charge in [0, 0.05) is 16.7 Å². The fourth-order valence-corrected chi connectivity index (χ4v) is 9.60. The van der Waals surface area contributed by atoms with Crippen molar-refractivity contribution in [2.75, 3.05) is 4.90 Å². The molecule has 0 spiro atoms. The summed E-state index contributed by atoms with van der Waals surface area (Å²) in [6.07, 6.45) is 14.0.